The minimum atomic E-state index is -0.0844. The fourth-order valence-corrected chi connectivity index (χ4v) is 3.92. The second-order valence-electron chi connectivity index (χ2n) is 5.68. The van der Waals surface area contributed by atoms with Crippen molar-refractivity contribution in [3.63, 3.8) is 0 Å². The Balaban J connectivity index is 1.50. The van der Waals surface area contributed by atoms with Gasteiger partial charge in [0.05, 0.1) is 23.3 Å². The summed E-state index contributed by atoms with van der Waals surface area (Å²) in [4.78, 5) is 17.7. The molecule has 26 heavy (non-hydrogen) atoms. The molecule has 0 spiro atoms. The molecule has 0 aliphatic rings. The highest BCUT2D eigenvalue weighted by atomic mass is 32.2. The SMILES string of the molecule is Cc1ccc(OCCNC(=O)c2ccccc2SCc2cscn2)cc1. The van der Waals surface area contributed by atoms with Gasteiger partial charge >= 0.3 is 0 Å². The van der Waals surface area contributed by atoms with E-state index in [0.29, 0.717) is 18.7 Å². The molecule has 0 radical (unpaired) electrons. The van der Waals surface area contributed by atoms with Crippen LogP contribution in [0.1, 0.15) is 21.6 Å². The maximum absolute atomic E-state index is 12.5. The van der Waals surface area contributed by atoms with E-state index in [1.165, 1.54) is 5.56 Å². The number of ether oxygens (including phenoxy) is 1. The zero-order valence-electron chi connectivity index (χ0n) is 14.5. The topological polar surface area (TPSA) is 51.2 Å². The first-order valence-electron chi connectivity index (χ1n) is 8.29. The maximum atomic E-state index is 12.5. The van der Waals surface area contributed by atoms with Crippen LogP contribution in [0.4, 0.5) is 0 Å². The molecular weight excluding hydrogens is 364 g/mol. The third-order valence-corrected chi connectivity index (χ3v) is 5.41. The molecule has 6 heteroatoms. The molecule has 0 aliphatic carbocycles. The molecule has 0 unspecified atom stereocenters. The summed E-state index contributed by atoms with van der Waals surface area (Å²) in [5, 5.41) is 4.95. The average molecular weight is 385 g/mol. The first-order valence-corrected chi connectivity index (χ1v) is 10.2. The van der Waals surface area contributed by atoms with Crippen LogP contribution in [0, 0.1) is 6.92 Å². The van der Waals surface area contributed by atoms with E-state index in [9.17, 15) is 4.79 Å². The second kappa shape index (κ2) is 9.40. The molecule has 0 saturated heterocycles. The first-order chi connectivity index (χ1) is 12.7. The molecule has 0 atom stereocenters. The number of amides is 1. The average Bonchev–Trinajstić information content (AvgIpc) is 3.19. The normalized spacial score (nSPS) is 10.5. The lowest BCUT2D eigenvalue weighted by Crippen LogP contribution is -2.28. The predicted molar refractivity (Wildman–Crippen MR) is 107 cm³/mol. The van der Waals surface area contributed by atoms with Crippen molar-refractivity contribution in [2.24, 2.45) is 0 Å². The Bertz CT molecular complexity index is 833. The van der Waals surface area contributed by atoms with E-state index in [2.05, 4.69) is 10.3 Å². The van der Waals surface area contributed by atoms with Crippen LogP contribution in [-0.4, -0.2) is 24.0 Å². The molecule has 134 valence electrons. The van der Waals surface area contributed by atoms with Crippen LogP contribution in [0.5, 0.6) is 5.75 Å². The van der Waals surface area contributed by atoms with E-state index in [-0.39, 0.29) is 5.91 Å². The van der Waals surface area contributed by atoms with Gasteiger partial charge < -0.3 is 10.1 Å². The number of nitrogens with one attached hydrogen (secondary N) is 1. The number of carbonyl (C=O) groups excluding carboxylic acids is 1. The summed E-state index contributed by atoms with van der Waals surface area (Å²) in [6.07, 6.45) is 0. The predicted octanol–water partition coefficient (Wildman–Crippen LogP) is 4.55. The van der Waals surface area contributed by atoms with E-state index in [4.69, 9.17) is 4.74 Å². The minimum absolute atomic E-state index is 0.0844. The van der Waals surface area contributed by atoms with Crippen LogP contribution in [0.3, 0.4) is 0 Å². The third kappa shape index (κ3) is 5.34. The molecule has 0 bridgehead atoms. The van der Waals surface area contributed by atoms with E-state index in [1.807, 2.05) is 66.3 Å². The number of rotatable bonds is 8. The van der Waals surface area contributed by atoms with Crippen molar-refractivity contribution in [3.05, 3.63) is 76.2 Å². The number of hydrogen-bond donors (Lipinski definition) is 1. The lowest BCUT2D eigenvalue weighted by molar-refractivity contribution is 0.0944. The Morgan fingerprint density at radius 2 is 2.00 bits per heavy atom. The third-order valence-electron chi connectivity index (χ3n) is 3.67. The zero-order chi connectivity index (χ0) is 18.2. The van der Waals surface area contributed by atoms with Crippen LogP contribution in [0.15, 0.2) is 64.3 Å². The van der Waals surface area contributed by atoms with Gasteiger partial charge in [0.2, 0.25) is 0 Å². The molecule has 0 saturated carbocycles. The van der Waals surface area contributed by atoms with Gasteiger partial charge in [0.1, 0.15) is 12.4 Å². The van der Waals surface area contributed by atoms with Crippen molar-refractivity contribution in [2.45, 2.75) is 17.6 Å². The Labute approximate surface area is 161 Å². The largest absolute Gasteiger partial charge is 0.492 e. The van der Waals surface area contributed by atoms with Crippen molar-refractivity contribution in [2.75, 3.05) is 13.2 Å². The van der Waals surface area contributed by atoms with Crippen molar-refractivity contribution in [1.82, 2.24) is 10.3 Å². The van der Waals surface area contributed by atoms with Crippen LogP contribution in [0.2, 0.25) is 0 Å². The summed E-state index contributed by atoms with van der Waals surface area (Å²) >= 11 is 3.20. The van der Waals surface area contributed by atoms with Gasteiger partial charge in [-0.25, -0.2) is 4.98 Å². The van der Waals surface area contributed by atoms with E-state index >= 15 is 0 Å². The smallest absolute Gasteiger partial charge is 0.252 e. The standard InChI is InChI=1S/C20H20N2O2S2/c1-15-6-8-17(9-7-15)24-11-10-21-20(23)18-4-2-3-5-19(18)26-13-16-12-25-14-22-16/h2-9,12,14H,10-11,13H2,1H3,(H,21,23). The van der Waals surface area contributed by atoms with Gasteiger partial charge in [0.25, 0.3) is 5.91 Å². The second-order valence-corrected chi connectivity index (χ2v) is 7.42. The lowest BCUT2D eigenvalue weighted by atomic mass is 10.2. The summed E-state index contributed by atoms with van der Waals surface area (Å²) in [6, 6.07) is 15.5. The Morgan fingerprint density at radius 3 is 2.77 bits per heavy atom. The van der Waals surface area contributed by atoms with E-state index < -0.39 is 0 Å². The number of thioether (sulfide) groups is 1. The van der Waals surface area contributed by atoms with E-state index in [1.54, 1.807) is 23.1 Å². The van der Waals surface area contributed by atoms with Gasteiger partial charge in [0.15, 0.2) is 0 Å². The highest BCUT2D eigenvalue weighted by Crippen LogP contribution is 2.26. The summed E-state index contributed by atoms with van der Waals surface area (Å²) in [5.41, 5.74) is 4.73. The van der Waals surface area contributed by atoms with Gasteiger partial charge in [-0.1, -0.05) is 29.8 Å². The zero-order valence-corrected chi connectivity index (χ0v) is 16.1. The maximum Gasteiger partial charge on any atom is 0.252 e. The summed E-state index contributed by atoms with van der Waals surface area (Å²) < 4.78 is 5.65. The molecule has 0 fully saturated rings. The lowest BCUT2D eigenvalue weighted by Gasteiger charge is -2.10. The molecule has 0 aliphatic heterocycles. The van der Waals surface area contributed by atoms with Crippen molar-refractivity contribution >= 4 is 29.0 Å². The number of hydrogen-bond acceptors (Lipinski definition) is 5. The first kappa shape index (κ1) is 18.5. The van der Waals surface area contributed by atoms with Crippen molar-refractivity contribution in [3.8, 4) is 5.75 Å². The van der Waals surface area contributed by atoms with Crippen molar-refractivity contribution in [1.29, 1.82) is 0 Å². The summed E-state index contributed by atoms with van der Waals surface area (Å²) in [7, 11) is 0. The van der Waals surface area contributed by atoms with Crippen LogP contribution in [-0.2, 0) is 5.75 Å². The molecule has 1 N–H and O–H groups in total. The fraction of sp³-hybridized carbons (Fsp3) is 0.200. The highest BCUT2D eigenvalue weighted by Gasteiger charge is 2.11. The molecule has 1 aromatic heterocycles. The number of nitrogens with zero attached hydrogens (tertiary/aromatic N) is 1. The molecule has 3 rings (SSSR count). The van der Waals surface area contributed by atoms with Crippen molar-refractivity contribution < 1.29 is 9.53 Å². The number of aromatic nitrogens is 1. The Morgan fingerprint density at radius 1 is 1.19 bits per heavy atom. The summed E-state index contributed by atoms with van der Waals surface area (Å²) in [6.45, 7) is 2.93. The van der Waals surface area contributed by atoms with Gasteiger partial charge in [-0.05, 0) is 31.2 Å². The van der Waals surface area contributed by atoms with Gasteiger partial charge in [0, 0.05) is 16.0 Å². The quantitative estimate of drug-likeness (QED) is 0.457. The molecule has 1 heterocycles. The van der Waals surface area contributed by atoms with Crippen LogP contribution in [0.25, 0.3) is 0 Å². The van der Waals surface area contributed by atoms with Gasteiger partial charge in [-0.15, -0.1) is 23.1 Å². The molecule has 2 aromatic carbocycles. The van der Waals surface area contributed by atoms with Crippen LogP contribution >= 0.6 is 23.1 Å². The Hall–Kier alpha value is -2.31. The number of aryl methyl sites for hydroxylation is 1. The molecule has 1 amide bonds. The van der Waals surface area contributed by atoms with Gasteiger partial charge in [-0.3, -0.25) is 4.79 Å². The number of carbonyl (C=O) groups is 1. The monoisotopic (exact) mass is 384 g/mol. The number of benzene rings is 2. The Kier molecular flexibility index (Phi) is 6.68. The van der Waals surface area contributed by atoms with Gasteiger partial charge in [-0.2, -0.15) is 0 Å². The molecular formula is C20H20N2O2S2. The molecule has 4 nitrogen and oxygen atoms in total. The molecule has 3 aromatic rings. The van der Waals surface area contributed by atoms with E-state index in [0.717, 1.165) is 22.1 Å². The minimum Gasteiger partial charge on any atom is -0.492 e. The highest BCUT2D eigenvalue weighted by molar-refractivity contribution is 7.98. The fourth-order valence-electron chi connectivity index (χ4n) is 2.30. The number of thiazole rings is 1. The summed E-state index contributed by atoms with van der Waals surface area (Å²) in [5.74, 6) is 1.48. The van der Waals surface area contributed by atoms with Crippen LogP contribution < -0.4 is 10.1 Å².